The molecule has 1 N–H and O–H groups in total. The molecule has 174 valence electrons. The van der Waals surface area contributed by atoms with Gasteiger partial charge < -0.3 is 14.6 Å². The maximum Gasteiger partial charge on any atom is 0.259 e. The van der Waals surface area contributed by atoms with E-state index in [2.05, 4.69) is 42.0 Å². The van der Waals surface area contributed by atoms with Gasteiger partial charge in [0, 0.05) is 30.7 Å². The van der Waals surface area contributed by atoms with Gasteiger partial charge in [-0.15, -0.1) is 11.3 Å². The van der Waals surface area contributed by atoms with Gasteiger partial charge in [0.05, 0.1) is 16.3 Å². The third-order valence-electron chi connectivity index (χ3n) is 6.13. The fraction of sp³-hybridized carbons (Fsp3) is 0.385. The standard InChI is InChI=1S/C26H30BrN3O2S/c1-26(2,3)16-11-12-19-21(13-16)33-24(22(19)23(31)29-17-9-7-6-8-10-17)28-15-18-14-20(27)25(32-18)30(4)5/h6-10,14-16H,11-13H2,1-5H3,(H,29,31)/t16-/m0/s1. The lowest BCUT2D eigenvalue weighted by Crippen LogP contribution is -2.27. The highest BCUT2D eigenvalue weighted by Crippen LogP contribution is 2.45. The van der Waals surface area contributed by atoms with Crippen LogP contribution < -0.4 is 10.2 Å². The summed E-state index contributed by atoms with van der Waals surface area (Å²) in [5, 5.41) is 3.80. The van der Waals surface area contributed by atoms with Gasteiger partial charge >= 0.3 is 0 Å². The molecule has 33 heavy (non-hydrogen) atoms. The molecular weight excluding hydrogens is 498 g/mol. The smallest absolute Gasteiger partial charge is 0.259 e. The van der Waals surface area contributed by atoms with Gasteiger partial charge in [-0.25, -0.2) is 4.99 Å². The summed E-state index contributed by atoms with van der Waals surface area (Å²) in [6.45, 7) is 6.90. The maximum absolute atomic E-state index is 13.4. The van der Waals surface area contributed by atoms with Crippen molar-refractivity contribution in [2.24, 2.45) is 16.3 Å². The average molecular weight is 529 g/mol. The number of fused-ring (bicyclic) bond motifs is 1. The minimum absolute atomic E-state index is 0.102. The lowest BCUT2D eigenvalue weighted by Gasteiger charge is -2.33. The van der Waals surface area contributed by atoms with Gasteiger partial charge in [0.1, 0.15) is 10.8 Å². The number of thiophene rings is 1. The quantitative estimate of drug-likeness (QED) is 0.353. The second-order valence-electron chi connectivity index (χ2n) is 9.76. The number of amides is 1. The highest BCUT2D eigenvalue weighted by molar-refractivity contribution is 9.10. The molecule has 0 saturated carbocycles. The number of nitrogens with one attached hydrogen (secondary N) is 1. The summed E-state index contributed by atoms with van der Waals surface area (Å²) < 4.78 is 6.76. The number of carbonyl (C=O) groups is 1. The molecule has 1 aliphatic carbocycles. The maximum atomic E-state index is 13.4. The van der Waals surface area contributed by atoms with Crippen molar-refractivity contribution in [2.45, 2.75) is 40.0 Å². The molecule has 1 amide bonds. The Hall–Kier alpha value is -2.38. The molecule has 2 heterocycles. The van der Waals surface area contributed by atoms with Crippen LogP contribution in [0, 0.1) is 11.3 Å². The van der Waals surface area contributed by atoms with Gasteiger partial charge in [-0.05, 0) is 64.2 Å². The Morgan fingerprint density at radius 3 is 2.64 bits per heavy atom. The van der Waals surface area contributed by atoms with Crippen LogP contribution in [0.15, 0.2) is 50.3 Å². The number of nitrogens with zero attached hydrogens (tertiary/aromatic N) is 2. The number of hydrogen-bond donors (Lipinski definition) is 1. The first-order valence-corrected chi connectivity index (χ1v) is 12.8. The molecule has 4 rings (SSSR count). The first-order chi connectivity index (χ1) is 15.6. The molecule has 0 fully saturated rings. The Labute approximate surface area is 208 Å². The van der Waals surface area contributed by atoms with Crippen molar-refractivity contribution < 1.29 is 9.21 Å². The van der Waals surface area contributed by atoms with E-state index < -0.39 is 0 Å². The van der Waals surface area contributed by atoms with Crippen LogP contribution >= 0.6 is 27.3 Å². The van der Waals surface area contributed by atoms with E-state index in [1.165, 1.54) is 4.88 Å². The topological polar surface area (TPSA) is 57.8 Å². The van der Waals surface area contributed by atoms with Crippen LogP contribution in [-0.2, 0) is 12.8 Å². The van der Waals surface area contributed by atoms with Crippen LogP contribution in [0.4, 0.5) is 16.6 Å². The average Bonchev–Trinajstić information content (AvgIpc) is 3.31. The number of para-hydroxylation sites is 1. The number of rotatable bonds is 5. The highest BCUT2D eigenvalue weighted by Gasteiger charge is 2.33. The number of carbonyl (C=O) groups excluding carboxylic acids is 1. The van der Waals surface area contributed by atoms with Crippen molar-refractivity contribution in [3.63, 3.8) is 0 Å². The minimum Gasteiger partial charge on any atom is -0.438 e. The molecule has 1 aromatic carbocycles. The van der Waals surface area contributed by atoms with Crippen LogP contribution in [0.3, 0.4) is 0 Å². The van der Waals surface area contributed by atoms with Crippen molar-refractivity contribution in [3.8, 4) is 0 Å². The number of furan rings is 1. The number of hydrogen-bond acceptors (Lipinski definition) is 5. The van der Waals surface area contributed by atoms with E-state index in [0.29, 0.717) is 17.2 Å². The van der Waals surface area contributed by atoms with Crippen LogP contribution in [-0.4, -0.2) is 26.2 Å². The van der Waals surface area contributed by atoms with Gasteiger partial charge in [-0.1, -0.05) is 39.0 Å². The van der Waals surface area contributed by atoms with Gasteiger partial charge in [-0.2, -0.15) is 0 Å². The van der Waals surface area contributed by atoms with Crippen molar-refractivity contribution in [3.05, 3.63) is 62.6 Å². The van der Waals surface area contributed by atoms with Crippen molar-refractivity contribution in [1.82, 2.24) is 0 Å². The third kappa shape index (κ3) is 5.25. The van der Waals surface area contributed by atoms with E-state index in [-0.39, 0.29) is 11.3 Å². The van der Waals surface area contributed by atoms with Crippen LogP contribution in [0.1, 0.15) is 53.8 Å². The van der Waals surface area contributed by atoms with E-state index >= 15 is 0 Å². The summed E-state index contributed by atoms with van der Waals surface area (Å²) in [6, 6.07) is 11.5. The Bertz CT molecular complexity index is 1170. The summed E-state index contributed by atoms with van der Waals surface area (Å²) >= 11 is 5.17. The zero-order valence-corrected chi connectivity index (χ0v) is 22.1. The minimum atomic E-state index is -0.102. The van der Waals surface area contributed by atoms with Crippen LogP contribution in [0.2, 0.25) is 0 Å². The molecule has 1 aliphatic rings. The molecule has 0 unspecified atom stereocenters. The molecule has 0 radical (unpaired) electrons. The molecule has 0 spiro atoms. The van der Waals surface area contributed by atoms with Gasteiger partial charge in [0.2, 0.25) is 5.88 Å². The molecule has 2 aromatic heterocycles. The van der Waals surface area contributed by atoms with Crippen LogP contribution in [0.5, 0.6) is 0 Å². The first kappa shape index (κ1) is 23.8. The Morgan fingerprint density at radius 2 is 2.00 bits per heavy atom. The molecule has 0 aliphatic heterocycles. The number of benzene rings is 1. The summed E-state index contributed by atoms with van der Waals surface area (Å²) in [6.07, 6.45) is 4.68. The summed E-state index contributed by atoms with van der Waals surface area (Å²) in [7, 11) is 3.85. The monoisotopic (exact) mass is 527 g/mol. The van der Waals surface area contributed by atoms with E-state index in [4.69, 9.17) is 9.41 Å². The predicted octanol–water partition coefficient (Wildman–Crippen LogP) is 7.32. The van der Waals surface area contributed by atoms with E-state index in [1.807, 2.05) is 55.4 Å². The van der Waals surface area contributed by atoms with Gasteiger partial charge in [-0.3, -0.25) is 4.79 Å². The predicted molar refractivity (Wildman–Crippen MR) is 142 cm³/mol. The lowest BCUT2D eigenvalue weighted by atomic mass is 9.72. The molecular formula is C26H30BrN3O2S. The van der Waals surface area contributed by atoms with Crippen molar-refractivity contribution >= 4 is 56.0 Å². The summed E-state index contributed by atoms with van der Waals surface area (Å²) in [5.41, 5.74) is 2.86. The molecule has 0 bridgehead atoms. The zero-order chi connectivity index (χ0) is 23.8. The normalized spacial score (nSPS) is 16.1. The Morgan fingerprint density at radius 1 is 1.27 bits per heavy atom. The SMILES string of the molecule is CN(C)c1oc(C=Nc2sc3c(c2C(=O)Nc2ccccc2)CC[C@H](C(C)(C)C)C3)cc1Br. The molecule has 7 heteroatoms. The molecule has 5 nitrogen and oxygen atoms in total. The number of aliphatic imine (C=N–C) groups is 1. The zero-order valence-electron chi connectivity index (χ0n) is 19.7. The fourth-order valence-electron chi connectivity index (χ4n) is 4.22. The second-order valence-corrected chi connectivity index (χ2v) is 11.7. The largest absolute Gasteiger partial charge is 0.438 e. The van der Waals surface area contributed by atoms with E-state index in [1.54, 1.807) is 17.6 Å². The summed E-state index contributed by atoms with van der Waals surface area (Å²) in [5.74, 6) is 1.86. The van der Waals surface area contributed by atoms with Crippen molar-refractivity contribution in [2.75, 3.05) is 24.3 Å². The second kappa shape index (κ2) is 9.47. The first-order valence-electron chi connectivity index (χ1n) is 11.1. The number of anilines is 2. The number of halogens is 1. The highest BCUT2D eigenvalue weighted by atomic mass is 79.9. The lowest BCUT2D eigenvalue weighted by molar-refractivity contribution is 0.102. The summed E-state index contributed by atoms with van der Waals surface area (Å²) in [4.78, 5) is 21.3. The van der Waals surface area contributed by atoms with Crippen LogP contribution in [0.25, 0.3) is 0 Å². The molecule has 0 saturated heterocycles. The Balaban J connectivity index is 1.70. The van der Waals surface area contributed by atoms with E-state index in [0.717, 1.165) is 45.9 Å². The van der Waals surface area contributed by atoms with E-state index in [9.17, 15) is 4.79 Å². The molecule has 1 atom stereocenters. The van der Waals surface area contributed by atoms with Gasteiger partial charge in [0.15, 0.2) is 0 Å². The Kier molecular flexibility index (Phi) is 6.82. The molecule has 3 aromatic rings. The van der Waals surface area contributed by atoms with Crippen molar-refractivity contribution in [1.29, 1.82) is 0 Å². The third-order valence-corrected chi connectivity index (χ3v) is 7.86. The van der Waals surface area contributed by atoms with Gasteiger partial charge in [0.25, 0.3) is 5.91 Å². The fourth-order valence-corrected chi connectivity index (χ4v) is 6.15.